The zero-order valence-corrected chi connectivity index (χ0v) is 15.1. The van der Waals surface area contributed by atoms with Gasteiger partial charge in [-0.2, -0.15) is 5.10 Å². The number of carbonyl (C=O) groups is 1. The second-order valence-electron chi connectivity index (χ2n) is 6.65. The van der Waals surface area contributed by atoms with Crippen LogP contribution in [0.2, 0.25) is 0 Å². The Bertz CT molecular complexity index is 906. The number of carbonyl (C=O) groups excluding carboxylic acids is 1. The molecule has 0 saturated heterocycles. The highest BCUT2D eigenvalue weighted by Gasteiger charge is 2.40. The second-order valence-corrected chi connectivity index (χ2v) is 6.65. The third kappa shape index (κ3) is 3.89. The fourth-order valence-corrected chi connectivity index (χ4v) is 2.82. The fourth-order valence-electron chi connectivity index (χ4n) is 2.82. The molecule has 0 bridgehead atoms. The van der Waals surface area contributed by atoms with Gasteiger partial charge in [-0.3, -0.25) is 14.9 Å². The van der Waals surface area contributed by atoms with E-state index < -0.39 is 22.5 Å². The average molecular weight is 369 g/mol. The lowest BCUT2D eigenvalue weighted by atomic mass is 9.96. The SMILES string of the molecule is CC(=NNC(=O)c1ccc([N+](=O)[O-])cc1)C1Oc2ccccc2OC1(C)C. The van der Waals surface area contributed by atoms with Crippen LogP contribution in [-0.4, -0.2) is 28.2 Å². The van der Waals surface area contributed by atoms with Crippen molar-refractivity contribution in [1.29, 1.82) is 0 Å². The number of non-ortho nitro benzene ring substituents is 1. The van der Waals surface area contributed by atoms with Crippen molar-refractivity contribution in [3.63, 3.8) is 0 Å². The molecular formula is C19H19N3O5. The molecule has 1 amide bonds. The number of para-hydroxylation sites is 2. The predicted octanol–water partition coefficient (Wildman–Crippen LogP) is 3.32. The molecule has 1 heterocycles. The van der Waals surface area contributed by atoms with E-state index in [-0.39, 0.29) is 11.3 Å². The fraction of sp³-hybridized carbons (Fsp3) is 0.263. The minimum absolute atomic E-state index is 0.0839. The van der Waals surface area contributed by atoms with E-state index >= 15 is 0 Å². The number of rotatable bonds is 4. The Morgan fingerprint density at radius 2 is 1.78 bits per heavy atom. The summed E-state index contributed by atoms with van der Waals surface area (Å²) in [7, 11) is 0. The molecule has 0 spiro atoms. The van der Waals surface area contributed by atoms with Crippen LogP contribution >= 0.6 is 0 Å². The van der Waals surface area contributed by atoms with Crippen LogP contribution in [0.4, 0.5) is 5.69 Å². The minimum atomic E-state index is -0.681. The van der Waals surface area contributed by atoms with Crippen LogP contribution in [-0.2, 0) is 0 Å². The topological polar surface area (TPSA) is 103 Å². The number of nitro groups is 1. The van der Waals surface area contributed by atoms with Crippen molar-refractivity contribution >= 4 is 17.3 Å². The van der Waals surface area contributed by atoms with Gasteiger partial charge in [-0.05, 0) is 45.0 Å². The quantitative estimate of drug-likeness (QED) is 0.506. The molecule has 1 N–H and O–H groups in total. The summed E-state index contributed by atoms with van der Waals surface area (Å²) < 4.78 is 12.0. The number of hydrogen-bond donors (Lipinski definition) is 1. The van der Waals surface area contributed by atoms with Crippen LogP contribution in [0.25, 0.3) is 0 Å². The number of amides is 1. The van der Waals surface area contributed by atoms with Crippen molar-refractivity contribution in [2.24, 2.45) is 5.10 Å². The molecule has 0 aliphatic carbocycles. The van der Waals surface area contributed by atoms with Crippen molar-refractivity contribution in [2.75, 3.05) is 0 Å². The van der Waals surface area contributed by atoms with Gasteiger partial charge >= 0.3 is 0 Å². The first kappa shape index (κ1) is 18.4. The molecule has 0 aromatic heterocycles. The summed E-state index contributed by atoms with van der Waals surface area (Å²) in [6.45, 7) is 5.50. The Morgan fingerprint density at radius 1 is 1.15 bits per heavy atom. The molecule has 3 rings (SSSR count). The maximum absolute atomic E-state index is 12.2. The largest absolute Gasteiger partial charge is 0.480 e. The smallest absolute Gasteiger partial charge is 0.271 e. The lowest BCUT2D eigenvalue weighted by Crippen LogP contribution is -2.52. The Morgan fingerprint density at radius 3 is 2.41 bits per heavy atom. The number of nitro benzene ring substituents is 1. The summed E-state index contributed by atoms with van der Waals surface area (Å²) in [5.74, 6) is 0.790. The van der Waals surface area contributed by atoms with Crippen LogP contribution in [0.1, 0.15) is 31.1 Å². The van der Waals surface area contributed by atoms with Gasteiger partial charge < -0.3 is 9.47 Å². The average Bonchev–Trinajstić information content (AvgIpc) is 2.64. The lowest BCUT2D eigenvalue weighted by Gasteiger charge is -2.39. The summed E-state index contributed by atoms with van der Waals surface area (Å²) in [4.78, 5) is 22.4. The summed E-state index contributed by atoms with van der Waals surface area (Å²) in [6.07, 6.45) is -0.496. The summed E-state index contributed by atoms with van der Waals surface area (Å²) in [6, 6.07) is 12.6. The Kier molecular flexibility index (Phi) is 4.81. The number of nitrogens with one attached hydrogen (secondary N) is 1. The molecule has 8 heteroatoms. The number of nitrogens with zero attached hydrogens (tertiary/aromatic N) is 2. The van der Waals surface area contributed by atoms with Crippen LogP contribution in [0.5, 0.6) is 11.5 Å². The van der Waals surface area contributed by atoms with Crippen LogP contribution < -0.4 is 14.9 Å². The molecule has 0 saturated carbocycles. The van der Waals surface area contributed by atoms with Gasteiger partial charge in [0.1, 0.15) is 5.60 Å². The molecule has 2 aromatic rings. The number of fused-ring (bicyclic) bond motifs is 1. The molecule has 1 aliphatic rings. The molecule has 140 valence electrons. The lowest BCUT2D eigenvalue weighted by molar-refractivity contribution is -0.384. The van der Waals surface area contributed by atoms with E-state index in [4.69, 9.17) is 9.47 Å². The highest BCUT2D eigenvalue weighted by molar-refractivity contribution is 5.96. The van der Waals surface area contributed by atoms with Gasteiger partial charge in [-0.15, -0.1) is 0 Å². The zero-order valence-electron chi connectivity index (χ0n) is 15.1. The number of hydrazone groups is 1. The van der Waals surface area contributed by atoms with Crippen molar-refractivity contribution in [3.8, 4) is 11.5 Å². The summed E-state index contributed by atoms with van der Waals surface area (Å²) in [5, 5.41) is 14.8. The van der Waals surface area contributed by atoms with Gasteiger partial charge in [0.15, 0.2) is 17.6 Å². The molecule has 0 radical (unpaired) electrons. The van der Waals surface area contributed by atoms with Gasteiger partial charge in [0.25, 0.3) is 11.6 Å². The Labute approximate surface area is 155 Å². The first-order valence-electron chi connectivity index (χ1n) is 8.31. The van der Waals surface area contributed by atoms with E-state index in [2.05, 4.69) is 10.5 Å². The van der Waals surface area contributed by atoms with E-state index in [1.54, 1.807) is 13.0 Å². The van der Waals surface area contributed by atoms with Crippen LogP contribution in [0.15, 0.2) is 53.6 Å². The normalized spacial score (nSPS) is 17.9. The molecule has 8 nitrogen and oxygen atoms in total. The molecule has 1 atom stereocenters. The van der Waals surface area contributed by atoms with Gasteiger partial charge in [-0.25, -0.2) is 5.43 Å². The molecule has 2 aromatic carbocycles. The highest BCUT2D eigenvalue weighted by Crippen LogP contribution is 2.38. The highest BCUT2D eigenvalue weighted by atomic mass is 16.6. The third-order valence-corrected chi connectivity index (χ3v) is 4.15. The van der Waals surface area contributed by atoms with E-state index in [1.807, 2.05) is 32.0 Å². The zero-order chi connectivity index (χ0) is 19.6. The van der Waals surface area contributed by atoms with E-state index in [0.29, 0.717) is 17.2 Å². The standard InChI is InChI=1S/C19H19N3O5/c1-12(17-19(2,3)27-16-7-5-4-6-15(16)26-17)20-21-18(23)13-8-10-14(11-9-13)22(24)25/h4-11,17H,1-3H3,(H,21,23). The van der Waals surface area contributed by atoms with Gasteiger partial charge in [0.2, 0.25) is 0 Å². The number of hydrogen-bond acceptors (Lipinski definition) is 6. The predicted molar refractivity (Wildman–Crippen MR) is 99.2 cm³/mol. The molecular weight excluding hydrogens is 350 g/mol. The summed E-state index contributed by atoms with van der Waals surface area (Å²) >= 11 is 0. The van der Waals surface area contributed by atoms with Crippen LogP contribution in [0, 0.1) is 10.1 Å². The van der Waals surface area contributed by atoms with E-state index in [0.717, 1.165) is 0 Å². The first-order chi connectivity index (χ1) is 12.8. The Balaban J connectivity index is 1.73. The van der Waals surface area contributed by atoms with Crippen LogP contribution in [0.3, 0.4) is 0 Å². The van der Waals surface area contributed by atoms with Crippen molar-refractivity contribution in [3.05, 3.63) is 64.2 Å². The molecule has 1 unspecified atom stereocenters. The van der Waals surface area contributed by atoms with Crippen molar-refractivity contribution < 1.29 is 19.2 Å². The first-order valence-corrected chi connectivity index (χ1v) is 8.31. The molecule has 0 fully saturated rings. The van der Waals surface area contributed by atoms with Gasteiger partial charge in [-0.1, -0.05) is 12.1 Å². The van der Waals surface area contributed by atoms with E-state index in [9.17, 15) is 14.9 Å². The monoisotopic (exact) mass is 369 g/mol. The molecule has 1 aliphatic heterocycles. The third-order valence-electron chi connectivity index (χ3n) is 4.15. The van der Waals surface area contributed by atoms with Gasteiger partial charge in [0.05, 0.1) is 10.6 Å². The van der Waals surface area contributed by atoms with Gasteiger partial charge in [0, 0.05) is 17.7 Å². The Hall–Kier alpha value is -3.42. The van der Waals surface area contributed by atoms with Crippen molar-refractivity contribution in [1.82, 2.24) is 5.43 Å². The minimum Gasteiger partial charge on any atom is -0.480 e. The maximum Gasteiger partial charge on any atom is 0.271 e. The second kappa shape index (κ2) is 7.06. The van der Waals surface area contributed by atoms with Crippen molar-refractivity contribution in [2.45, 2.75) is 32.5 Å². The molecule has 27 heavy (non-hydrogen) atoms. The summed E-state index contributed by atoms with van der Waals surface area (Å²) in [5.41, 5.74) is 2.48. The maximum atomic E-state index is 12.2. The number of benzene rings is 2. The van der Waals surface area contributed by atoms with E-state index in [1.165, 1.54) is 24.3 Å². The number of ether oxygens (including phenoxy) is 2.